The number of nitrogens with one attached hydrogen (secondary N) is 1. The van der Waals surface area contributed by atoms with E-state index in [9.17, 15) is 9.18 Å². The van der Waals surface area contributed by atoms with Gasteiger partial charge in [-0.15, -0.1) is 0 Å². The summed E-state index contributed by atoms with van der Waals surface area (Å²) in [5.74, 6) is -0.500. The van der Waals surface area contributed by atoms with Crippen LogP contribution in [0, 0.1) is 5.82 Å². The minimum Gasteiger partial charge on any atom is -0.372 e. The smallest absolute Gasteiger partial charge is 0.227 e. The minimum atomic E-state index is -0.422. The second-order valence-electron chi connectivity index (χ2n) is 5.97. The molecule has 6 heteroatoms. The highest BCUT2D eigenvalue weighted by atomic mass is 35.5. The van der Waals surface area contributed by atoms with Crippen molar-refractivity contribution in [3.05, 3.63) is 34.6 Å². The first-order valence-corrected chi connectivity index (χ1v) is 8.03. The number of piperidine rings is 1. The Morgan fingerprint density at radius 2 is 2.18 bits per heavy atom. The summed E-state index contributed by atoms with van der Waals surface area (Å²) in [6, 6.07) is 4.49. The van der Waals surface area contributed by atoms with Crippen LogP contribution in [-0.4, -0.2) is 49.2 Å². The van der Waals surface area contributed by atoms with Crippen LogP contribution in [0.1, 0.15) is 18.4 Å². The first kappa shape index (κ1) is 15.7. The number of rotatable bonds is 2. The molecular weight excluding hydrogens is 307 g/mol. The molecule has 22 heavy (non-hydrogen) atoms. The molecule has 120 valence electrons. The maximum absolute atomic E-state index is 13.8. The van der Waals surface area contributed by atoms with Crippen LogP contribution >= 0.6 is 11.6 Å². The first-order valence-electron chi connectivity index (χ1n) is 7.65. The van der Waals surface area contributed by atoms with Crippen molar-refractivity contribution in [2.75, 3.05) is 32.8 Å². The van der Waals surface area contributed by atoms with Gasteiger partial charge in [-0.2, -0.15) is 0 Å². The van der Waals surface area contributed by atoms with Crippen molar-refractivity contribution in [1.82, 2.24) is 10.2 Å². The highest BCUT2D eigenvalue weighted by Gasteiger charge is 2.38. The number of carbonyl (C=O) groups excluding carboxylic acids is 1. The number of nitrogens with zero attached hydrogens (tertiary/aromatic N) is 1. The van der Waals surface area contributed by atoms with E-state index in [2.05, 4.69) is 5.32 Å². The molecule has 1 spiro atoms. The van der Waals surface area contributed by atoms with Gasteiger partial charge in [-0.1, -0.05) is 17.7 Å². The SMILES string of the molecule is O=C(Cc1c(F)cccc1Cl)N1CCC2(CC1)CNCCO2. The van der Waals surface area contributed by atoms with Crippen molar-refractivity contribution in [3.8, 4) is 0 Å². The summed E-state index contributed by atoms with van der Waals surface area (Å²) in [5, 5.41) is 3.66. The molecule has 0 unspecified atom stereocenters. The molecule has 0 radical (unpaired) electrons. The van der Waals surface area contributed by atoms with Crippen molar-refractivity contribution >= 4 is 17.5 Å². The van der Waals surface area contributed by atoms with Crippen LogP contribution in [0.3, 0.4) is 0 Å². The molecular formula is C16H20ClFN2O2. The topological polar surface area (TPSA) is 41.6 Å². The summed E-state index contributed by atoms with van der Waals surface area (Å²) in [6.45, 7) is 3.74. The zero-order valence-electron chi connectivity index (χ0n) is 12.4. The van der Waals surface area contributed by atoms with Crippen molar-refractivity contribution in [2.45, 2.75) is 24.9 Å². The molecule has 1 aromatic rings. The second-order valence-corrected chi connectivity index (χ2v) is 6.37. The number of morpholine rings is 1. The zero-order chi connectivity index (χ0) is 15.6. The van der Waals surface area contributed by atoms with Crippen LogP contribution in [-0.2, 0) is 16.0 Å². The van der Waals surface area contributed by atoms with Gasteiger partial charge in [0.05, 0.1) is 18.6 Å². The van der Waals surface area contributed by atoms with E-state index in [0.717, 1.165) is 32.5 Å². The van der Waals surface area contributed by atoms with Gasteiger partial charge in [0.25, 0.3) is 0 Å². The van der Waals surface area contributed by atoms with E-state index in [0.29, 0.717) is 18.1 Å². The normalized spacial score (nSPS) is 21.1. The lowest BCUT2D eigenvalue weighted by Gasteiger charge is -2.44. The Labute approximate surface area is 134 Å². The summed E-state index contributed by atoms with van der Waals surface area (Å²) in [4.78, 5) is 14.2. The predicted molar refractivity (Wildman–Crippen MR) is 82.5 cm³/mol. The van der Waals surface area contributed by atoms with Gasteiger partial charge in [0, 0.05) is 36.8 Å². The summed E-state index contributed by atoms with van der Waals surface area (Å²) in [6.07, 6.45) is 1.64. The molecule has 2 fully saturated rings. The monoisotopic (exact) mass is 326 g/mol. The molecule has 2 saturated heterocycles. The molecule has 0 aliphatic carbocycles. The fraction of sp³-hybridized carbons (Fsp3) is 0.562. The third-order valence-corrected chi connectivity index (χ3v) is 4.91. The molecule has 0 atom stereocenters. The summed E-state index contributed by atoms with van der Waals surface area (Å²) >= 11 is 5.99. The van der Waals surface area contributed by atoms with E-state index in [1.165, 1.54) is 6.07 Å². The maximum Gasteiger partial charge on any atom is 0.227 e. The lowest BCUT2D eigenvalue weighted by Crippen LogP contribution is -2.56. The predicted octanol–water partition coefficient (Wildman–Crippen LogP) is 2.00. The Morgan fingerprint density at radius 3 is 2.82 bits per heavy atom. The number of hydrogen-bond acceptors (Lipinski definition) is 3. The van der Waals surface area contributed by atoms with Crippen molar-refractivity contribution in [3.63, 3.8) is 0 Å². The van der Waals surface area contributed by atoms with Gasteiger partial charge in [-0.05, 0) is 25.0 Å². The van der Waals surface area contributed by atoms with E-state index in [-0.39, 0.29) is 23.5 Å². The standard InChI is InChI=1S/C16H20ClFN2O2/c17-13-2-1-3-14(18)12(13)10-15(21)20-7-4-16(5-8-20)11-19-6-9-22-16/h1-3,19H,4-11H2. The number of halogens is 2. The molecule has 1 aromatic carbocycles. The highest BCUT2D eigenvalue weighted by Crippen LogP contribution is 2.28. The van der Waals surface area contributed by atoms with Crippen molar-refractivity contribution in [2.24, 2.45) is 0 Å². The van der Waals surface area contributed by atoms with E-state index >= 15 is 0 Å². The lowest BCUT2D eigenvalue weighted by molar-refractivity contribution is -0.139. The Balaban J connectivity index is 1.60. The third kappa shape index (κ3) is 3.26. The number of amides is 1. The average molecular weight is 327 g/mol. The molecule has 1 amide bonds. The Hall–Kier alpha value is -1.17. The fourth-order valence-electron chi connectivity index (χ4n) is 3.16. The molecule has 0 bridgehead atoms. The van der Waals surface area contributed by atoms with Gasteiger partial charge in [0.2, 0.25) is 5.91 Å². The van der Waals surface area contributed by atoms with Crippen molar-refractivity contribution < 1.29 is 13.9 Å². The van der Waals surface area contributed by atoms with E-state index in [1.54, 1.807) is 17.0 Å². The van der Waals surface area contributed by atoms with Gasteiger partial charge >= 0.3 is 0 Å². The molecule has 3 rings (SSSR count). The molecule has 2 aliphatic rings. The van der Waals surface area contributed by atoms with Crippen LogP contribution in [0.4, 0.5) is 4.39 Å². The molecule has 0 aromatic heterocycles. The number of carbonyl (C=O) groups is 1. The molecule has 1 N–H and O–H groups in total. The Bertz CT molecular complexity index is 531. The molecule has 2 aliphatic heterocycles. The van der Waals surface area contributed by atoms with Crippen LogP contribution < -0.4 is 5.32 Å². The van der Waals surface area contributed by atoms with E-state index < -0.39 is 5.82 Å². The Morgan fingerprint density at radius 1 is 1.41 bits per heavy atom. The molecule has 4 nitrogen and oxygen atoms in total. The van der Waals surface area contributed by atoms with Gasteiger partial charge in [-0.3, -0.25) is 4.79 Å². The fourth-order valence-corrected chi connectivity index (χ4v) is 3.39. The number of benzene rings is 1. The molecule has 2 heterocycles. The lowest BCUT2D eigenvalue weighted by atomic mass is 9.90. The highest BCUT2D eigenvalue weighted by molar-refractivity contribution is 6.31. The Kier molecular flexibility index (Phi) is 4.66. The zero-order valence-corrected chi connectivity index (χ0v) is 13.2. The van der Waals surface area contributed by atoms with Crippen LogP contribution in [0.2, 0.25) is 5.02 Å². The van der Waals surface area contributed by atoms with E-state index in [1.807, 2.05) is 0 Å². The second kappa shape index (κ2) is 6.52. The quantitative estimate of drug-likeness (QED) is 0.904. The van der Waals surface area contributed by atoms with Crippen molar-refractivity contribution in [1.29, 1.82) is 0 Å². The van der Waals surface area contributed by atoms with Gasteiger partial charge in [0.1, 0.15) is 5.82 Å². The number of likely N-dealkylation sites (tertiary alicyclic amines) is 1. The summed E-state index contributed by atoms with van der Waals surface area (Å²) < 4.78 is 19.7. The van der Waals surface area contributed by atoms with E-state index in [4.69, 9.17) is 16.3 Å². The van der Waals surface area contributed by atoms with Crippen LogP contribution in [0.5, 0.6) is 0 Å². The largest absolute Gasteiger partial charge is 0.372 e. The number of hydrogen-bond donors (Lipinski definition) is 1. The molecule has 0 saturated carbocycles. The summed E-state index contributed by atoms with van der Waals surface area (Å²) in [5.41, 5.74) is 0.148. The minimum absolute atomic E-state index is 0.0115. The summed E-state index contributed by atoms with van der Waals surface area (Å²) in [7, 11) is 0. The third-order valence-electron chi connectivity index (χ3n) is 4.55. The van der Waals surface area contributed by atoms with Gasteiger partial charge in [-0.25, -0.2) is 4.39 Å². The van der Waals surface area contributed by atoms with Crippen LogP contribution in [0.25, 0.3) is 0 Å². The van der Waals surface area contributed by atoms with Crippen LogP contribution in [0.15, 0.2) is 18.2 Å². The van der Waals surface area contributed by atoms with Gasteiger partial charge < -0.3 is 15.0 Å². The van der Waals surface area contributed by atoms with Gasteiger partial charge in [0.15, 0.2) is 0 Å². The number of ether oxygens (including phenoxy) is 1. The maximum atomic E-state index is 13.8. The first-order chi connectivity index (χ1) is 10.6. The average Bonchev–Trinajstić information content (AvgIpc) is 2.52.